The molecule has 0 aromatic carbocycles. The molecule has 18 heavy (non-hydrogen) atoms. The molecule has 4 nitrogen and oxygen atoms in total. The predicted molar refractivity (Wildman–Crippen MR) is 73.9 cm³/mol. The molecule has 0 aromatic rings. The van der Waals surface area contributed by atoms with Crippen LogP contribution >= 0.6 is 0 Å². The van der Waals surface area contributed by atoms with Gasteiger partial charge in [0.25, 0.3) is 0 Å². The fraction of sp³-hybridized carbons (Fsp3) is 1.00. The molecule has 0 amide bonds. The smallest absolute Gasteiger partial charge is 0.213 e. The van der Waals surface area contributed by atoms with Crippen molar-refractivity contribution >= 4 is 10.0 Å². The van der Waals surface area contributed by atoms with Gasteiger partial charge < -0.3 is 5.32 Å². The normalized spacial score (nSPS) is 33.7. The van der Waals surface area contributed by atoms with Crippen molar-refractivity contribution in [2.24, 2.45) is 11.8 Å². The second-order valence-electron chi connectivity index (χ2n) is 6.05. The quantitative estimate of drug-likeness (QED) is 0.798. The van der Waals surface area contributed by atoms with Gasteiger partial charge in [0.05, 0.1) is 5.75 Å². The molecule has 1 aliphatic heterocycles. The Hall–Kier alpha value is -0.130. The van der Waals surface area contributed by atoms with Crippen LogP contribution < -0.4 is 10.0 Å². The molecule has 2 N–H and O–H groups in total. The molecule has 0 spiro atoms. The minimum Gasteiger partial charge on any atom is -0.313 e. The Balaban J connectivity index is 1.71. The van der Waals surface area contributed by atoms with Crippen LogP contribution in [0, 0.1) is 11.8 Å². The van der Waals surface area contributed by atoms with Gasteiger partial charge in [0.1, 0.15) is 0 Å². The second-order valence-corrected chi connectivity index (χ2v) is 7.90. The van der Waals surface area contributed by atoms with Crippen LogP contribution in [0.5, 0.6) is 0 Å². The van der Waals surface area contributed by atoms with E-state index in [1.807, 2.05) is 0 Å². The first-order chi connectivity index (χ1) is 8.55. The summed E-state index contributed by atoms with van der Waals surface area (Å²) in [7, 11) is -3.09. The van der Waals surface area contributed by atoms with E-state index < -0.39 is 10.0 Å². The lowest BCUT2D eigenvalue weighted by molar-refractivity contribution is 0.290. The molecule has 1 saturated carbocycles. The van der Waals surface area contributed by atoms with Crippen LogP contribution in [0.1, 0.15) is 45.4 Å². The first kappa shape index (κ1) is 14.3. The van der Waals surface area contributed by atoms with E-state index in [9.17, 15) is 8.42 Å². The first-order valence-electron chi connectivity index (χ1n) is 7.26. The van der Waals surface area contributed by atoms with E-state index in [4.69, 9.17) is 0 Å². The summed E-state index contributed by atoms with van der Waals surface area (Å²) in [4.78, 5) is 0. The number of rotatable bonds is 5. The van der Waals surface area contributed by atoms with E-state index in [0.29, 0.717) is 12.5 Å². The Kier molecular flexibility index (Phi) is 5.04. The van der Waals surface area contributed by atoms with E-state index in [-0.39, 0.29) is 11.8 Å². The third kappa shape index (κ3) is 4.52. The van der Waals surface area contributed by atoms with Crippen molar-refractivity contribution in [1.82, 2.24) is 10.0 Å². The molecule has 2 fully saturated rings. The Morgan fingerprint density at radius 2 is 1.89 bits per heavy atom. The van der Waals surface area contributed by atoms with Crippen LogP contribution in [0.25, 0.3) is 0 Å². The van der Waals surface area contributed by atoms with E-state index in [1.54, 1.807) is 0 Å². The molecule has 5 heteroatoms. The largest absolute Gasteiger partial charge is 0.313 e. The van der Waals surface area contributed by atoms with Gasteiger partial charge in [0.15, 0.2) is 0 Å². The van der Waals surface area contributed by atoms with Crippen molar-refractivity contribution in [2.45, 2.75) is 51.5 Å². The van der Waals surface area contributed by atoms with Gasteiger partial charge in [-0.1, -0.05) is 19.8 Å². The van der Waals surface area contributed by atoms with Crippen LogP contribution in [0.4, 0.5) is 0 Å². The van der Waals surface area contributed by atoms with Crippen molar-refractivity contribution in [3.05, 3.63) is 0 Å². The molecule has 1 atom stereocenters. The molecule has 0 aromatic heterocycles. The summed E-state index contributed by atoms with van der Waals surface area (Å²) in [6.45, 7) is 3.88. The van der Waals surface area contributed by atoms with Crippen molar-refractivity contribution < 1.29 is 8.42 Å². The lowest BCUT2D eigenvalue weighted by atomic mass is 9.83. The molecule has 2 aliphatic rings. The predicted octanol–water partition coefficient (Wildman–Crippen LogP) is 1.48. The zero-order valence-electron chi connectivity index (χ0n) is 11.3. The minimum atomic E-state index is -3.09. The summed E-state index contributed by atoms with van der Waals surface area (Å²) >= 11 is 0. The fourth-order valence-corrected chi connectivity index (χ4v) is 4.42. The van der Waals surface area contributed by atoms with E-state index >= 15 is 0 Å². The fourth-order valence-electron chi connectivity index (χ4n) is 3.00. The Morgan fingerprint density at radius 3 is 2.50 bits per heavy atom. The number of sulfonamides is 1. The summed E-state index contributed by atoms with van der Waals surface area (Å²) in [6, 6.07) is 0.161. The average Bonchev–Trinajstić information content (AvgIpc) is 2.80. The van der Waals surface area contributed by atoms with Gasteiger partial charge in [-0.05, 0) is 44.1 Å². The van der Waals surface area contributed by atoms with Crippen molar-refractivity contribution in [2.75, 3.05) is 18.8 Å². The lowest BCUT2D eigenvalue weighted by Crippen LogP contribution is -2.39. The molecule has 1 aliphatic carbocycles. The van der Waals surface area contributed by atoms with Gasteiger partial charge in [-0.25, -0.2) is 13.1 Å². The highest BCUT2D eigenvalue weighted by atomic mass is 32.2. The lowest BCUT2D eigenvalue weighted by Gasteiger charge is -2.26. The molecule has 1 heterocycles. The van der Waals surface area contributed by atoms with Crippen LogP contribution in [-0.4, -0.2) is 33.3 Å². The second kappa shape index (κ2) is 6.35. The Labute approximate surface area is 111 Å². The topological polar surface area (TPSA) is 58.2 Å². The molecule has 2 rings (SSSR count). The zero-order valence-corrected chi connectivity index (χ0v) is 12.1. The molecule has 0 radical (unpaired) electrons. The summed E-state index contributed by atoms with van der Waals surface area (Å²) in [6.07, 6.45) is 6.92. The van der Waals surface area contributed by atoms with Crippen LogP contribution in [0.15, 0.2) is 0 Å². The van der Waals surface area contributed by atoms with Gasteiger partial charge in [-0.15, -0.1) is 0 Å². The Bertz CT molecular complexity index is 342. The van der Waals surface area contributed by atoms with Gasteiger partial charge in [-0.2, -0.15) is 0 Å². The maximum Gasteiger partial charge on any atom is 0.213 e. The van der Waals surface area contributed by atoms with E-state index in [1.165, 1.54) is 25.7 Å². The Morgan fingerprint density at radius 1 is 1.17 bits per heavy atom. The standard InChI is InChI=1S/C13H26N2O2S/c1-11-4-6-12(7-5-11)9-15-18(16,17)10-13-3-2-8-14-13/h11-15H,2-10H2,1H3. The SMILES string of the molecule is CC1CCC(CNS(=O)(=O)CC2CCCN2)CC1. The van der Waals surface area contributed by atoms with Crippen molar-refractivity contribution in [1.29, 1.82) is 0 Å². The van der Waals surface area contributed by atoms with E-state index in [2.05, 4.69) is 17.0 Å². The van der Waals surface area contributed by atoms with Crippen LogP contribution in [0.2, 0.25) is 0 Å². The van der Waals surface area contributed by atoms with Gasteiger partial charge in [0, 0.05) is 12.6 Å². The number of hydrogen-bond acceptors (Lipinski definition) is 3. The number of hydrogen-bond donors (Lipinski definition) is 2. The molecule has 106 valence electrons. The van der Waals surface area contributed by atoms with Crippen LogP contribution in [0.3, 0.4) is 0 Å². The third-order valence-corrected chi connectivity index (χ3v) is 5.76. The summed E-state index contributed by atoms with van der Waals surface area (Å²) < 4.78 is 26.7. The summed E-state index contributed by atoms with van der Waals surface area (Å²) in [5, 5.41) is 3.24. The minimum absolute atomic E-state index is 0.161. The van der Waals surface area contributed by atoms with E-state index in [0.717, 1.165) is 25.3 Å². The maximum absolute atomic E-state index is 11.9. The molecule has 1 unspecified atom stereocenters. The summed E-state index contributed by atoms with van der Waals surface area (Å²) in [5.41, 5.74) is 0. The maximum atomic E-state index is 11.9. The molecular formula is C13H26N2O2S. The van der Waals surface area contributed by atoms with Gasteiger partial charge >= 0.3 is 0 Å². The number of nitrogens with one attached hydrogen (secondary N) is 2. The monoisotopic (exact) mass is 274 g/mol. The highest BCUT2D eigenvalue weighted by Gasteiger charge is 2.24. The van der Waals surface area contributed by atoms with Crippen LogP contribution in [-0.2, 0) is 10.0 Å². The van der Waals surface area contributed by atoms with Crippen molar-refractivity contribution in [3.63, 3.8) is 0 Å². The average molecular weight is 274 g/mol. The highest BCUT2D eigenvalue weighted by Crippen LogP contribution is 2.27. The zero-order chi connectivity index (χ0) is 13.0. The molecule has 1 saturated heterocycles. The molecular weight excluding hydrogens is 248 g/mol. The van der Waals surface area contributed by atoms with Gasteiger partial charge in [-0.3, -0.25) is 0 Å². The highest BCUT2D eigenvalue weighted by molar-refractivity contribution is 7.89. The third-order valence-electron chi connectivity index (χ3n) is 4.31. The summed E-state index contributed by atoms with van der Waals surface area (Å²) in [5.74, 6) is 1.61. The van der Waals surface area contributed by atoms with Gasteiger partial charge in [0.2, 0.25) is 10.0 Å². The van der Waals surface area contributed by atoms with Crippen molar-refractivity contribution in [3.8, 4) is 0 Å². The first-order valence-corrected chi connectivity index (χ1v) is 8.91. The molecule has 0 bridgehead atoms.